The monoisotopic (exact) mass is 388 g/mol. The second-order valence-electron chi connectivity index (χ2n) is 6.54. The number of aromatic nitrogens is 2. The molecule has 0 fully saturated rings. The Morgan fingerprint density at radius 3 is 2.27 bits per heavy atom. The highest BCUT2D eigenvalue weighted by Crippen LogP contribution is 2.12. The fourth-order valence-electron chi connectivity index (χ4n) is 2.65. The van der Waals surface area contributed by atoms with Crippen LogP contribution in [0.1, 0.15) is 71.1 Å². The number of halogens is 1. The summed E-state index contributed by atoms with van der Waals surface area (Å²) in [4.78, 5) is 24.2. The van der Waals surface area contributed by atoms with Crippen molar-refractivity contribution >= 4 is 11.8 Å². The van der Waals surface area contributed by atoms with E-state index in [1.54, 1.807) is 0 Å². The molecule has 5 nitrogen and oxygen atoms in total. The number of nitrogens with zero attached hydrogens (tertiary/aromatic N) is 1. The molecule has 0 bridgehead atoms. The molecule has 0 radical (unpaired) electrons. The van der Waals surface area contributed by atoms with E-state index in [0.717, 1.165) is 22.3 Å². The number of rotatable bonds is 16. The largest absolute Gasteiger partial charge is 0.360 e. The fraction of sp³-hybridized carbons (Fsp3) is 0.789. The van der Waals surface area contributed by atoms with E-state index >= 15 is 0 Å². The molecule has 26 heavy (non-hydrogen) atoms. The summed E-state index contributed by atoms with van der Waals surface area (Å²) in [5.74, 6) is 0.981. The van der Waals surface area contributed by atoms with Gasteiger partial charge in [-0.1, -0.05) is 64.7 Å². The van der Waals surface area contributed by atoms with Crippen molar-refractivity contribution in [3.63, 3.8) is 0 Å². The van der Waals surface area contributed by atoms with Gasteiger partial charge in [-0.25, -0.2) is 4.79 Å². The second-order valence-corrected chi connectivity index (χ2v) is 7.76. The third kappa shape index (κ3) is 10.8. The molecule has 1 heterocycles. The Balaban J connectivity index is 1.89. The van der Waals surface area contributed by atoms with Crippen molar-refractivity contribution in [3.05, 3.63) is 32.9 Å². The average Bonchev–Trinajstić information content (AvgIpc) is 2.62. The van der Waals surface area contributed by atoms with Crippen LogP contribution >= 0.6 is 11.8 Å². The fourth-order valence-corrected chi connectivity index (χ4v) is 3.50. The summed E-state index contributed by atoms with van der Waals surface area (Å²) in [6.07, 6.45) is 14.3. The third-order valence-electron chi connectivity index (χ3n) is 4.21. The minimum absolute atomic E-state index is 0.0502. The zero-order valence-corrected chi connectivity index (χ0v) is 16.8. The molecule has 0 aliphatic rings. The van der Waals surface area contributed by atoms with E-state index < -0.39 is 17.1 Å². The highest BCUT2D eigenvalue weighted by molar-refractivity contribution is 7.99. The van der Waals surface area contributed by atoms with Gasteiger partial charge in [0.1, 0.15) is 6.73 Å². The molecule has 0 saturated heterocycles. The van der Waals surface area contributed by atoms with Gasteiger partial charge in [0.05, 0.1) is 12.8 Å². The maximum Gasteiger partial charge on any atom is 0.330 e. The summed E-state index contributed by atoms with van der Waals surface area (Å²) in [5.41, 5.74) is -1.66. The first kappa shape index (κ1) is 23.0. The van der Waals surface area contributed by atoms with Crippen LogP contribution in [-0.2, 0) is 11.5 Å². The second kappa shape index (κ2) is 15.0. The Labute approximate surface area is 159 Å². The van der Waals surface area contributed by atoms with Gasteiger partial charge >= 0.3 is 5.69 Å². The lowest BCUT2D eigenvalue weighted by atomic mass is 10.1. The first-order valence-electron chi connectivity index (χ1n) is 9.80. The Morgan fingerprint density at radius 1 is 1.00 bits per heavy atom. The van der Waals surface area contributed by atoms with E-state index in [4.69, 9.17) is 4.74 Å². The first-order valence-corrected chi connectivity index (χ1v) is 11.0. The number of unbranched alkanes of at least 4 members (excludes halogenated alkanes) is 9. The summed E-state index contributed by atoms with van der Waals surface area (Å²) in [5, 5.41) is 0. The van der Waals surface area contributed by atoms with Crippen LogP contribution in [0.25, 0.3) is 0 Å². The lowest BCUT2D eigenvalue weighted by Gasteiger charge is -2.06. The highest BCUT2D eigenvalue weighted by atomic mass is 32.2. The van der Waals surface area contributed by atoms with E-state index in [-0.39, 0.29) is 6.73 Å². The van der Waals surface area contributed by atoms with E-state index in [1.807, 2.05) is 16.7 Å². The molecule has 0 aromatic carbocycles. The number of H-pyrrole nitrogens is 1. The molecular weight excluding hydrogens is 355 g/mol. The van der Waals surface area contributed by atoms with Crippen LogP contribution in [0.2, 0.25) is 0 Å². The van der Waals surface area contributed by atoms with Crippen molar-refractivity contribution in [2.24, 2.45) is 0 Å². The van der Waals surface area contributed by atoms with E-state index in [2.05, 4.69) is 6.92 Å². The topological polar surface area (TPSA) is 64.1 Å². The highest BCUT2D eigenvalue weighted by Gasteiger charge is 2.03. The summed E-state index contributed by atoms with van der Waals surface area (Å²) in [6, 6.07) is 0. The molecule has 0 amide bonds. The molecule has 0 aliphatic heterocycles. The zero-order valence-electron chi connectivity index (χ0n) is 15.9. The Bertz CT molecular complexity index is 589. The smallest absolute Gasteiger partial charge is 0.330 e. The van der Waals surface area contributed by atoms with E-state index in [0.29, 0.717) is 6.61 Å². The molecule has 1 rings (SSSR count). The Morgan fingerprint density at radius 2 is 1.62 bits per heavy atom. The minimum Gasteiger partial charge on any atom is -0.360 e. The molecule has 0 unspecified atom stereocenters. The van der Waals surface area contributed by atoms with Crippen molar-refractivity contribution in [3.8, 4) is 0 Å². The van der Waals surface area contributed by atoms with Crippen LogP contribution in [0.5, 0.6) is 0 Å². The zero-order chi connectivity index (χ0) is 19.0. The number of ether oxygens (including phenoxy) is 1. The van der Waals surface area contributed by atoms with Gasteiger partial charge in [-0.15, -0.1) is 0 Å². The Kier molecular flexibility index (Phi) is 13.3. The van der Waals surface area contributed by atoms with Crippen LogP contribution in [-0.4, -0.2) is 27.7 Å². The molecule has 0 atom stereocenters. The molecule has 1 aromatic heterocycles. The molecule has 150 valence electrons. The van der Waals surface area contributed by atoms with Gasteiger partial charge in [-0.3, -0.25) is 14.3 Å². The molecule has 7 heteroatoms. The number of hydrogen-bond donors (Lipinski definition) is 1. The van der Waals surface area contributed by atoms with Gasteiger partial charge in [0, 0.05) is 5.75 Å². The molecule has 0 aliphatic carbocycles. The van der Waals surface area contributed by atoms with Gasteiger partial charge in [-0.05, 0) is 12.2 Å². The van der Waals surface area contributed by atoms with E-state index in [1.165, 1.54) is 64.2 Å². The van der Waals surface area contributed by atoms with E-state index in [9.17, 15) is 14.0 Å². The normalized spacial score (nSPS) is 11.2. The average molecular weight is 389 g/mol. The van der Waals surface area contributed by atoms with Gasteiger partial charge in [0.15, 0.2) is 0 Å². The van der Waals surface area contributed by atoms with Crippen molar-refractivity contribution in [2.75, 3.05) is 18.1 Å². The van der Waals surface area contributed by atoms with Crippen molar-refractivity contribution in [2.45, 2.75) is 77.9 Å². The van der Waals surface area contributed by atoms with Crippen LogP contribution in [0.15, 0.2) is 15.8 Å². The van der Waals surface area contributed by atoms with Crippen molar-refractivity contribution in [1.82, 2.24) is 9.55 Å². The SMILES string of the molecule is CCCCCCCCCCCCSCCOCn1cc(F)c(=O)[nH]c1=O. The number of thioether (sulfide) groups is 1. The number of nitrogens with one attached hydrogen (secondary N) is 1. The molecule has 0 spiro atoms. The maximum absolute atomic E-state index is 13.1. The molecule has 1 N–H and O–H groups in total. The summed E-state index contributed by atoms with van der Waals surface area (Å²) in [7, 11) is 0. The predicted octanol–water partition coefficient (Wildman–Crippen LogP) is 4.30. The van der Waals surface area contributed by atoms with Gasteiger partial charge in [-0.2, -0.15) is 16.2 Å². The Hall–Kier alpha value is -1.08. The molecule has 1 aromatic rings. The van der Waals surface area contributed by atoms with Crippen LogP contribution < -0.4 is 11.2 Å². The minimum atomic E-state index is -1.00. The third-order valence-corrected chi connectivity index (χ3v) is 5.24. The van der Waals surface area contributed by atoms with Crippen molar-refractivity contribution < 1.29 is 9.13 Å². The molecular formula is C19H33FN2O3S. The van der Waals surface area contributed by atoms with Gasteiger partial charge in [0.25, 0.3) is 5.56 Å². The number of aromatic amines is 1. The van der Waals surface area contributed by atoms with Gasteiger partial charge < -0.3 is 4.74 Å². The van der Waals surface area contributed by atoms with Crippen LogP contribution in [0.3, 0.4) is 0 Å². The summed E-state index contributed by atoms with van der Waals surface area (Å²) in [6.45, 7) is 2.69. The van der Waals surface area contributed by atoms with Crippen LogP contribution in [0.4, 0.5) is 4.39 Å². The quantitative estimate of drug-likeness (QED) is 0.429. The van der Waals surface area contributed by atoms with Gasteiger partial charge in [0.2, 0.25) is 5.82 Å². The molecule has 0 saturated carbocycles. The summed E-state index contributed by atoms with van der Waals surface area (Å²) < 4.78 is 19.5. The van der Waals surface area contributed by atoms with Crippen molar-refractivity contribution in [1.29, 1.82) is 0 Å². The summed E-state index contributed by atoms with van der Waals surface area (Å²) >= 11 is 1.83. The number of hydrogen-bond acceptors (Lipinski definition) is 4. The lowest BCUT2D eigenvalue weighted by Crippen LogP contribution is -2.32. The lowest BCUT2D eigenvalue weighted by molar-refractivity contribution is 0.0854. The maximum atomic E-state index is 13.1. The predicted molar refractivity (Wildman–Crippen MR) is 106 cm³/mol. The first-order chi connectivity index (χ1) is 12.6. The van der Waals surface area contributed by atoms with Crippen LogP contribution in [0, 0.1) is 5.82 Å². The standard InChI is InChI=1S/C19H33FN2O3S/c1-2-3-4-5-6-7-8-9-10-11-13-26-14-12-25-16-22-15-17(20)18(23)21-19(22)24/h15H,2-14,16H2,1H3,(H,21,23,24).